The molecule has 3 aromatic rings. The molecular formula is C29H33N3O3S. The van der Waals surface area contributed by atoms with Crippen LogP contribution in [0.25, 0.3) is 16.6 Å². The van der Waals surface area contributed by atoms with Gasteiger partial charge < -0.3 is 24.1 Å². The van der Waals surface area contributed by atoms with Crippen molar-refractivity contribution in [1.82, 2.24) is 9.47 Å². The molecule has 1 saturated heterocycles. The van der Waals surface area contributed by atoms with Crippen molar-refractivity contribution in [3.8, 4) is 11.5 Å². The SMILES string of the molecule is CC[C@@]12C=C(COC(=S)Nc3ccc(OC)cc3OC)n3c4c(c5ccccc53)CCN(CCC1)[C@H]42. The van der Waals surface area contributed by atoms with Crippen molar-refractivity contribution in [1.29, 1.82) is 0 Å². The Bertz CT molecular complexity index is 1360. The second-order valence-corrected chi connectivity index (χ2v) is 10.4. The van der Waals surface area contributed by atoms with Gasteiger partial charge in [0.2, 0.25) is 0 Å². The molecule has 4 heterocycles. The number of anilines is 1. The van der Waals surface area contributed by atoms with Crippen molar-refractivity contribution >= 4 is 39.7 Å². The second kappa shape index (κ2) is 9.12. The van der Waals surface area contributed by atoms with Gasteiger partial charge in [-0.25, -0.2) is 0 Å². The molecule has 0 unspecified atom stereocenters. The Morgan fingerprint density at radius 1 is 1.14 bits per heavy atom. The summed E-state index contributed by atoms with van der Waals surface area (Å²) < 4.78 is 19.5. The third kappa shape index (κ3) is 3.59. The van der Waals surface area contributed by atoms with E-state index in [9.17, 15) is 0 Å². The van der Waals surface area contributed by atoms with Gasteiger partial charge in [-0.15, -0.1) is 0 Å². The van der Waals surface area contributed by atoms with Gasteiger partial charge in [0.25, 0.3) is 5.17 Å². The molecular weight excluding hydrogens is 470 g/mol. The zero-order chi connectivity index (χ0) is 24.9. The molecule has 1 fully saturated rings. The number of hydrogen-bond acceptors (Lipinski definition) is 5. The van der Waals surface area contributed by atoms with Gasteiger partial charge in [0.15, 0.2) is 0 Å². The number of ether oxygens (including phenoxy) is 3. The molecule has 3 aliphatic heterocycles. The number of thiocarbonyl (C=S) groups is 1. The van der Waals surface area contributed by atoms with Crippen LogP contribution in [0, 0.1) is 5.41 Å². The molecule has 7 heteroatoms. The highest BCUT2D eigenvalue weighted by Crippen LogP contribution is 2.56. The Labute approximate surface area is 217 Å². The van der Waals surface area contributed by atoms with Crippen LogP contribution in [0.5, 0.6) is 11.5 Å². The van der Waals surface area contributed by atoms with E-state index in [1.165, 1.54) is 47.2 Å². The molecule has 2 atom stereocenters. The first kappa shape index (κ1) is 23.4. The van der Waals surface area contributed by atoms with E-state index in [4.69, 9.17) is 26.4 Å². The summed E-state index contributed by atoms with van der Waals surface area (Å²) in [7, 11) is 3.27. The Hall–Kier alpha value is -3.03. The molecule has 1 aromatic heterocycles. The fourth-order valence-electron chi connectivity index (χ4n) is 6.68. The first-order chi connectivity index (χ1) is 17.6. The van der Waals surface area contributed by atoms with Gasteiger partial charge in [0.1, 0.15) is 18.1 Å². The third-order valence-electron chi connectivity index (χ3n) is 8.32. The summed E-state index contributed by atoms with van der Waals surface area (Å²) in [6.07, 6.45) is 7.17. The average Bonchev–Trinajstić information content (AvgIpc) is 3.26. The van der Waals surface area contributed by atoms with Gasteiger partial charge in [0.05, 0.1) is 37.2 Å². The van der Waals surface area contributed by atoms with Crippen molar-refractivity contribution < 1.29 is 14.2 Å². The summed E-state index contributed by atoms with van der Waals surface area (Å²) in [6, 6.07) is 14.8. The monoisotopic (exact) mass is 503 g/mol. The summed E-state index contributed by atoms with van der Waals surface area (Å²) in [4.78, 5) is 2.72. The minimum Gasteiger partial charge on any atom is -0.497 e. The highest BCUT2D eigenvalue weighted by Gasteiger charge is 2.50. The van der Waals surface area contributed by atoms with Crippen molar-refractivity contribution in [2.24, 2.45) is 5.41 Å². The first-order valence-corrected chi connectivity index (χ1v) is 13.2. The van der Waals surface area contributed by atoms with E-state index >= 15 is 0 Å². The predicted molar refractivity (Wildman–Crippen MR) is 148 cm³/mol. The minimum atomic E-state index is 0.130. The van der Waals surface area contributed by atoms with Crippen LogP contribution >= 0.6 is 12.2 Å². The van der Waals surface area contributed by atoms with Crippen molar-refractivity contribution in [2.75, 3.05) is 39.2 Å². The van der Waals surface area contributed by atoms with Crippen LogP contribution in [0.3, 0.4) is 0 Å². The number of para-hydroxylation sites is 1. The van der Waals surface area contributed by atoms with E-state index < -0.39 is 0 Å². The van der Waals surface area contributed by atoms with Crippen LogP contribution in [0.15, 0.2) is 48.5 Å². The van der Waals surface area contributed by atoms with Crippen molar-refractivity contribution in [2.45, 2.75) is 38.6 Å². The predicted octanol–water partition coefficient (Wildman–Crippen LogP) is 6.02. The van der Waals surface area contributed by atoms with Crippen LogP contribution in [-0.2, 0) is 11.2 Å². The molecule has 0 spiro atoms. The Balaban J connectivity index is 1.34. The molecule has 6 rings (SSSR count). The lowest BCUT2D eigenvalue weighted by molar-refractivity contribution is 0.0264. The van der Waals surface area contributed by atoms with Crippen LogP contribution < -0.4 is 14.8 Å². The standard InChI is InChI=1S/C29H33N3O3S/c1-4-29-13-7-14-31-15-12-22-21-8-5-6-9-24(21)32(26(22)27(29)31)19(17-29)18-35-28(36)30-23-11-10-20(33-2)16-25(23)34-3/h5-6,8-11,16-17,27H,4,7,12-15,18H2,1-3H3,(H,30,36)/t27-,29+/m1/s1. The highest BCUT2D eigenvalue weighted by atomic mass is 32.1. The molecule has 0 amide bonds. The normalized spacial score (nSPS) is 22.5. The topological polar surface area (TPSA) is 47.9 Å². The second-order valence-electron chi connectivity index (χ2n) is 10.00. The molecule has 6 nitrogen and oxygen atoms in total. The van der Waals surface area contributed by atoms with Gasteiger partial charge in [0, 0.05) is 29.1 Å². The number of aromatic nitrogens is 1. The van der Waals surface area contributed by atoms with Gasteiger partial charge in [-0.3, -0.25) is 4.90 Å². The summed E-state index contributed by atoms with van der Waals surface area (Å²) in [5.41, 5.74) is 6.31. The van der Waals surface area contributed by atoms with Crippen LogP contribution in [0.2, 0.25) is 0 Å². The summed E-state index contributed by atoms with van der Waals surface area (Å²) in [5, 5.41) is 4.90. The molecule has 0 saturated carbocycles. The number of nitrogens with zero attached hydrogens (tertiary/aromatic N) is 2. The largest absolute Gasteiger partial charge is 0.497 e. The van der Waals surface area contributed by atoms with E-state index in [0.29, 0.717) is 23.6 Å². The smallest absolute Gasteiger partial charge is 0.261 e. The number of hydrogen-bond donors (Lipinski definition) is 1. The summed E-state index contributed by atoms with van der Waals surface area (Å²) >= 11 is 5.61. The number of benzene rings is 2. The highest BCUT2D eigenvalue weighted by molar-refractivity contribution is 7.80. The quantitative estimate of drug-likeness (QED) is 0.416. The molecule has 0 aliphatic carbocycles. The fourth-order valence-corrected chi connectivity index (χ4v) is 6.85. The van der Waals surface area contributed by atoms with Gasteiger partial charge in [-0.2, -0.15) is 0 Å². The maximum Gasteiger partial charge on any atom is 0.261 e. The van der Waals surface area contributed by atoms with Crippen LogP contribution in [-0.4, -0.2) is 48.6 Å². The maximum absolute atomic E-state index is 6.20. The van der Waals surface area contributed by atoms with E-state index in [1.807, 2.05) is 18.2 Å². The lowest BCUT2D eigenvalue weighted by Crippen LogP contribution is -2.50. The Morgan fingerprint density at radius 3 is 2.81 bits per heavy atom. The van der Waals surface area contributed by atoms with E-state index in [1.54, 1.807) is 14.2 Å². The van der Waals surface area contributed by atoms with E-state index in [0.717, 1.165) is 30.8 Å². The molecule has 0 radical (unpaired) electrons. The van der Waals surface area contributed by atoms with Gasteiger partial charge in [-0.05, 0) is 68.2 Å². The zero-order valence-electron chi connectivity index (χ0n) is 21.2. The van der Waals surface area contributed by atoms with Crippen molar-refractivity contribution in [3.63, 3.8) is 0 Å². The summed E-state index contributed by atoms with van der Waals surface area (Å²) in [6.45, 7) is 5.08. The first-order valence-electron chi connectivity index (χ1n) is 12.8. The molecule has 2 aromatic carbocycles. The third-order valence-corrected chi connectivity index (χ3v) is 8.54. The molecule has 36 heavy (non-hydrogen) atoms. The lowest BCUT2D eigenvalue weighted by Gasteiger charge is -2.53. The van der Waals surface area contributed by atoms with Crippen molar-refractivity contribution in [3.05, 3.63) is 59.8 Å². The molecule has 0 bridgehead atoms. The fraction of sp³-hybridized carbons (Fsp3) is 0.414. The van der Waals surface area contributed by atoms with Gasteiger partial charge >= 0.3 is 0 Å². The lowest BCUT2D eigenvalue weighted by atomic mass is 9.66. The van der Waals surface area contributed by atoms with Crippen LogP contribution in [0.1, 0.15) is 43.5 Å². The number of rotatable bonds is 6. The number of piperidine rings is 1. The number of nitrogens with one attached hydrogen (secondary N) is 1. The molecule has 1 N–H and O–H groups in total. The molecule has 188 valence electrons. The van der Waals surface area contributed by atoms with E-state index in [-0.39, 0.29) is 5.41 Å². The Kier molecular flexibility index (Phi) is 5.92. The zero-order valence-corrected chi connectivity index (χ0v) is 22.0. The minimum absolute atomic E-state index is 0.130. The number of methoxy groups -OCH3 is 2. The Morgan fingerprint density at radius 2 is 2.00 bits per heavy atom. The maximum atomic E-state index is 6.20. The van der Waals surface area contributed by atoms with E-state index in [2.05, 4.69) is 52.0 Å². The van der Waals surface area contributed by atoms with Crippen LogP contribution in [0.4, 0.5) is 5.69 Å². The van der Waals surface area contributed by atoms with Gasteiger partial charge in [-0.1, -0.05) is 31.2 Å². The summed E-state index contributed by atoms with van der Waals surface area (Å²) in [5.74, 6) is 1.37. The average molecular weight is 504 g/mol. The molecule has 3 aliphatic rings. The number of fused-ring (bicyclic) bond motifs is 3.